The summed E-state index contributed by atoms with van der Waals surface area (Å²) in [7, 11) is 3.31. The Bertz CT molecular complexity index is 199. The highest BCUT2D eigenvalue weighted by Crippen LogP contribution is 2.27. The highest BCUT2D eigenvalue weighted by Gasteiger charge is 2.45. The summed E-state index contributed by atoms with van der Waals surface area (Å²) < 4.78 is 10.6. The van der Waals surface area contributed by atoms with Gasteiger partial charge in [0.1, 0.15) is 0 Å². The zero-order chi connectivity index (χ0) is 11.5. The molecule has 0 bridgehead atoms. The van der Waals surface area contributed by atoms with Crippen molar-refractivity contribution in [2.75, 3.05) is 45.9 Å². The second kappa shape index (κ2) is 5.01. The highest BCUT2D eigenvalue weighted by molar-refractivity contribution is 7.98. The van der Waals surface area contributed by atoms with E-state index in [2.05, 4.69) is 4.90 Å². The lowest BCUT2D eigenvalue weighted by atomic mass is 10.0. The largest absolute Gasteiger partial charge is 0.388 e. The van der Waals surface area contributed by atoms with E-state index < -0.39 is 11.4 Å². The van der Waals surface area contributed by atoms with Crippen LogP contribution in [-0.4, -0.2) is 67.3 Å². The van der Waals surface area contributed by atoms with Crippen LogP contribution in [0.2, 0.25) is 0 Å². The van der Waals surface area contributed by atoms with Gasteiger partial charge in [-0.15, -0.1) is 0 Å². The molecule has 0 aromatic rings. The van der Waals surface area contributed by atoms with Gasteiger partial charge < -0.3 is 14.6 Å². The topological polar surface area (TPSA) is 41.9 Å². The molecule has 15 heavy (non-hydrogen) atoms. The van der Waals surface area contributed by atoms with Crippen molar-refractivity contribution in [3.63, 3.8) is 0 Å². The van der Waals surface area contributed by atoms with E-state index in [-0.39, 0.29) is 0 Å². The zero-order valence-corrected chi connectivity index (χ0v) is 10.8. The fourth-order valence-corrected chi connectivity index (χ4v) is 2.64. The number of likely N-dealkylation sites (tertiary alicyclic amines) is 1. The van der Waals surface area contributed by atoms with Gasteiger partial charge in [0, 0.05) is 26.5 Å². The van der Waals surface area contributed by atoms with E-state index in [1.807, 2.05) is 13.2 Å². The maximum absolute atomic E-state index is 10.0. The minimum Gasteiger partial charge on any atom is -0.388 e. The van der Waals surface area contributed by atoms with Crippen LogP contribution < -0.4 is 0 Å². The van der Waals surface area contributed by atoms with Crippen molar-refractivity contribution in [2.24, 2.45) is 0 Å². The molecule has 1 aliphatic rings. The van der Waals surface area contributed by atoms with E-state index in [1.165, 1.54) is 0 Å². The van der Waals surface area contributed by atoms with Crippen LogP contribution in [0.25, 0.3) is 0 Å². The van der Waals surface area contributed by atoms with Crippen LogP contribution in [0.15, 0.2) is 0 Å². The molecular weight excluding hydrogens is 214 g/mol. The Morgan fingerprint density at radius 1 is 1.40 bits per heavy atom. The molecule has 0 aliphatic carbocycles. The van der Waals surface area contributed by atoms with Gasteiger partial charge in [-0.05, 0) is 13.2 Å². The van der Waals surface area contributed by atoms with Crippen LogP contribution in [0, 0.1) is 0 Å². The summed E-state index contributed by atoms with van der Waals surface area (Å²) in [5, 5.41) is 10.0. The molecule has 0 saturated carbocycles. The van der Waals surface area contributed by atoms with Crippen LogP contribution >= 0.6 is 11.8 Å². The summed E-state index contributed by atoms with van der Waals surface area (Å²) in [5.41, 5.74) is -0.632. The Labute approximate surface area is 95.9 Å². The Kier molecular flexibility index (Phi) is 4.43. The highest BCUT2D eigenvalue weighted by atomic mass is 32.2. The molecule has 1 fully saturated rings. The van der Waals surface area contributed by atoms with Gasteiger partial charge >= 0.3 is 0 Å². The number of thioether (sulfide) groups is 1. The summed E-state index contributed by atoms with van der Waals surface area (Å²) in [6.07, 6.45) is 2.00. The molecule has 0 spiro atoms. The van der Waals surface area contributed by atoms with Gasteiger partial charge in [0.25, 0.3) is 0 Å². The summed E-state index contributed by atoms with van der Waals surface area (Å²) in [6, 6.07) is 0. The molecule has 0 radical (unpaired) electrons. The number of methoxy groups -OCH3 is 2. The Hall–Kier alpha value is 0.190. The van der Waals surface area contributed by atoms with Gasteiger partial charge in [-0.25, -0.2) is 0 Å². The fraction of sp³-hybridized carbons (Fsp3) is 1.00. The normalized spacial score (nSPS) is 24.6. The Morgan fingerprint density at radius 3 is 2.33 bits per heavy atom. The number of β-amino-alcohol motifs (C(OH)–C–C–N with tert-alkyl or cyclic N) is 1. The average Bonchev–Trinajstić information content (AvgIpc) is 2.10. The minimum absolute atomic E-state index is 0.449. The van der Waals surface area contributed by atoms with Gasteiger partial charge in [0.2, 0.25) is 0 Å². The van der Waals surface area contributed by atoms with Crippen LogP contribution in [0.3, 0.4) is 0 Å². The van der Waals surface area contributed by atoms with Crippen molar-refractivity contribution in [1.29, 1.82) is 0 Å². The van der Waals surface area contributed by atoms with E-state index in [9.17, 15) is 5.11 Å². The maximum atomic E-state index is 10.0. The van der Waals surface area contributed by atoms with Gasteiger partial charge in [-0.2, -0.15) is 11.8 Å². The van der Waals surface area contributed by atoms with Gasteiger partial charge in [0.15, 0.2) is 5.79 Å². The second-order valence-electron chi connectivity index (χ2n) is 4.39. The maximum Gasteiger partial charge on any atom is 0.193 e. The van der Waals surface area contributed by atoms with Gasteiger partial charge in [-0.1, -0.05) is 0 Å². The molecule has 0 amide bonds. The zero-order valence-electron chi connectivity index (χ0n) is 9.95. The van der Waals surface area contributed by atoms with Crippen molar-refractivity contribution in [3.8, 4) is 0 Å². The van der Waals surface area contributed by atoms with E-state index in [0.29, 0.717) is 6.54 Å². The summed E-state index contributed by atoms with van der Waals surface area (Å²) >= 11 is 1.66. The molecule has 0 aromatic carbocycles. The molecule has 1 rings (SSSR count). The Morgan fingerprint density at radius 2 is 1.93 bits per heavy atom. The van der Waals surface area contributed by atoms with Crippen LogP contribution in [0.5, 0.6) is 0 Å². The molecule has 1 saturated heterocycles. The molecule has 1 aliphatic heterocycles. The van der Waals surface area contributed by atoms with E-state index in [0.717, 1.165) is 18.8 Å². The van der Waals surface area contributed by atoms with E-state index >= 15 is 0 Å². The number of nitrogens with zero attached hydrogens (tertiary/aromatic N) is 1. The van der Waals surface area contributed by atoms with Crippen molar-refractivity contribution in [3.05, 3.63) is 0 Å². The third-order valence-electron chi connectivity index (χ3n) is 2.69. The first kappa shape index (κ1) is 13.3. The number of hydrogen-bond acceptors (Lipinski definition) is 5. The first-order valence-electron chi connectivity index (χ1n) is 5.01. The van der Waals surface area contributed by atoms with Crippen LogP contribution in [-0.2, 0) is 9.47 Å². The van der Waals surface area contributed by atoms with Crippen LogP contribution in [0.4, 0.5) is 0 Å². The molecule has 1 heterocycles. The van der Waals surface area contributed by atoms with Crippen LogP contribution in [0.1, 0.15) is 6.92 Å². The van der Waals surface area contributed by atoms with E-state index in [4.69, 9.17) is 9.47 Å². The first-order valence-corrected chi connectivity index (χ1v) is 6.40. The average molecular weight is 235 g/mol. The first-order chi connectivity index (χ1) is 6.97. The molecule has 1 unspecified atom stereocenters. The molecule has 5 heteroatoms. The monoisotopic (exact) mass is 235 g/mol. The van der Waals surface area contributed by atoms with E-state index in [1.54, 1.807) is 26.0 Å². The second-order valence-corrected chi connectivity index (χ2v) is 5.26. The number of rotatable bonds is 6. The van der Waals surface area contributed by atoms with Crippen molar-refractivity contribution in [2.45, 2.75) is 18.3 Å². The minimum atomic E-state index is -0.632. The third kappa shape index (κ3) is 3.32. The van der Waals surface area contributed by atoms with Crippen molar-refractivity contribution in [1.82, 2.24) is 4.90 Å². The van der Waals surface area contributed by atoms with Gasteiger partial charge in [0.05, 0.1) is 18.7 Å². The fourth-order valence-electron chi connectivity index (χ4n) is 1.93. The number of hydrogen-bond donors (Lipinski definition) is 1. The van der Waals surface area contributed by atoms with Gasteiger partial charge in [-0.3, -0.25) is 4.90 Å². The molecule has 90 valence electrons. The lowest BCUT2D eigenvalue weighted by Crippen LogP contribution is -2.66. The summed E-state index contributed by atoms with van der Waals surface area (Å²) in [5.74, 6) is 0.298. The predicted molar refractivity (Wildman–Crippen MR) is 62.2 cm³/mol. The SMILES string of the molecule is COC1(OC)CN(CC(C)(O)CSC)C1. The summed E-state index contributed by atoms with van der Waals surface area (Å²) in [6.45, 7) is 3.99. The molecule has 4 nitrogen and oxygen atoms in total. The molecule has 0 aromatic heterocycles. The predicted octanol–water partition coefficient (Wildman–Crippen LogP) is 0.405. The lowest BCUT2D eigenvalue weighted by Gasteiger charge is -2.49. The smallest absolute Gasteiger partial charge is 0.193 e. The number of ether oxygens (including phenoxy) is 2. The quantitative estimate of drug-likeness (QED) is 0.675. The standard InChI is InChI=1S/C10H21NO3S/c1-9(12,8-15-4)5-11-6-10(7-11,13-2)14-3/h12H,5-8H2,1-4H3. The molecular formula is C10H21NO3S. The number of aliphatic hydroxyl groups is 1. The molecule has 1 atom stereocenters. The Balaban J connectivity index is 2.33. The third-order valence-corrected chi connectivity index (χ3v) is 3.60. The lowest BCUT2D eigenvalue weighted by molar-refractivity contribution is -0.279. The van der Waals surface area contributed by atoms with Crippen molar-refractivity contribution < 1.29 is 14.6 Å². The molecule has 1 N–H and O–H groups in total. The summed E-state index contributed by atoms with van der Waals surface area (Å²) in [4.78, 5) is 2.14. The van der Waals surface area contributed by atoms with Crippen molar-refractivity contribution >= 4 is 11.8 Å².